The van der Waals surface area contributed by atoms with Crippen molar-refractivity contribution in [1.82, 2.24) is 9.88 Å². The molecule has 20 heavy (non-hydrogen) atoms. The van der Waals surface area contributed by atoms with Crippen molar-refractivity contribution in [3.05, 3.63) is 58.6 Å². The first-order chi connectivity index (χ1) is 9.61. The average Bonchev–Trinajstić information content (AvgIpc) is 2.89. The summed E-state index contributed by atoms with van der Waals surface area (Å²) in [5.41, 5.74) is 1.73. The van der Waals surface area contributed by atoms with Crippen molar-refractivity contribution < 1.29 is 4.39 Å². The fourth-order valence-corrected chi connectivity index (χ4v) is 2.38. The molecule has 0 spiro atoms. The normalized spacial score (nSPS) is 12.6. The molecule has 0 aliphatic heterocycles. The van der Waals surface area contributed by atoms with Crippen LogP contribution in [0, 0.1) is 5.82 Å². The van der Waals surface area contributed by atoms with Crippen LogP contribution in [0.2, 0.25) is 5.02 Å². The maximum absolute atomic E-state index is 13.8. The number of hydrogen-bond donors (Lipinski definition) is 1. The molecule has 1 aromatic heterocycles. The Morgan fingerprint density at radius 3 is 2.85 bits per heavy atom. The first-order valence-electron chi connectivity index (χ1n) is 6.93. The molecule has 0 fully saturated rings. The molecule has 0 saturated carbocycles. The monoisotopic (exact) mass is 294 g/mol. The predicted octanol–water partition coefficient (Wildman–Crippen LogP) is 4.39. The number of nitrogens with zero attached hydrogens (tertiary/aromatic N) is 1. The van der Waals surface area contributed by atoms with Gasteiger partial charge in [0.25, 0.3) is 0 Å². The number of aromatic nitrogens is 1. The molecule has 1 atom stereocenters. The van der Waals surface area contributed by atoms with Gasteiger partial charge in [-0.2, -0.15) is 0 Å². The van der Waals surface area contributed by atoms with Gasteiger partial charge in [-0.3, -0.25) is 0 Å². The number of rotatable bonds is 6. The van der Waals surface area contributed by atoms with E-state index >= 15 is 0 Å². The lowest BCUT2D eigenvalue weighted by Gasteiger charge is -2.11. The van der Waals surface area contributed by atoms with E-state index in [1.54, 1.807) is 12.1 Å². The lowest BCUT2D eigenvalue weighted by molar-refractivity contribution is 0.568. The van der Waals surface area contributed by atoms with Crippen molar-refractivity contribution in [3.8, 4) is 0 Å². The van der Waals surface area contributed by atoms with Gasteiger partial charge in [-0.1, -0.05) is 24.6 Å². The Kier molecular flexibility index (Phi) is 5.21. The third kappa shape index (κ3) is 3.62. The van der Waals surface area contributed by atoms with Gasteiger partial charge in [0.05, 0.1) is 6.54 Å². The van der Waals surface area contributed by atoms with Gasteiger partial charge in [0.2, 0.25) is 0 Å². The summed E-state index contributed by atoms with van der Waals surface area (Å²) in [6.45, 7) is 5.72. The molecule has 1 heterocycles. The van der Waals surface area contributed by atoms with Crippen LogP contribution in [-0.2, 0) is 6.54 Å². The summed E-state index contributed by atoms with van der Waals surface area (Å²) < 4.78 is 15.7. The highest BCUT2D eigenvalue weighted by Gasteiger charge is 2.10. The molecule has 0 bridgehead atoms. The number of nitrogens with one attached hydrogen (secondary N) is 1. The molecular formula is C16H20ClFN2. The lowest BCUT2D eigenvalue weighted by Crippen LogP contribution is -2.18. The van der Waals surface area contributed by atoms with E-state index < -0.39 is 0 Å². The summed E-state index contributed by atoms with van der Waals surface area (Å²) in [5.74, 6) is -0.259. The smallest absolute Gasteiger partial charge is 0.129 e. The predicted molar refractivity (Wildman–Crippen MR) is 81.7 cm³/mol. The third-order valence-corrected chi connectivity index (χ3v) is 3.73. The van der Waals surface area contributed by atoms with Gasteiger partial charge in [0.15, 0.2) is 0 Å². The largest absolute Gasteiger partial charge is 0.349 e. The van der Waals surface area contributed by atoms with E-state index in [1.165, 1.54) is 11.6 Å². The SMILES string of the molecule is CCCNC(C)c1ccn(Cc2c(F)cccc2Cl)c1. The molecule has 2 aromatic rings. The molecule has 0 saturated heterocycles. The van der Waals surface area contributed by atoms with Crippen LogP contribution in [0.3, 0.4) is 0 Å². The zero-order valence-corrected chi connectivity index (χ0v) is 12.6. The van der Waals surface area contributed by atoms with Crippen LogP contribution < -0.4 is 5.32 Å². The number of hydrogen-bond acceptors (Lipinski definition) is 1. The molecule has 1 aromatic carbocycles. The van der Waals surface area contributed by atoms with Crippen LogP contribution in [-0.4, -0.2) is 11.1 Å². The second-order valence-corrected chi connectivity index (χ2v) is 5.40. The van der Waals surface area contributed by atoms with E-state index in [-0.39, 0.29) is 5.82 Å². The molecule has 0 aliphatic rings. The van der Waals surface area contributed by atoms with E-state index in [1.807, 2.05) is 17.0 Å². The summed E-state index contributed by atoms with van der Waals surface area (Å²) in [6, 6.07) is 7.14. The fourth-order valence-electron chi connectivity index (χ4n) is 2.16. The molecule has 1 unspecified atom stereocenters. The van der Waals surface area contributed by atoms with Crippen LogP contribution in [0.25, 0.3) is 0 Å². The van der Waals surface area contributed by atoms with Gasteiger partial charge >= 0.3 is 0 Å². The van der Waals surface area contributed by atoms with E-state index in [0.717, 1.165) is 13.0 Å². The standard InChI is InChI=1S/C16H20ClFN2/c1-3-8-19-12(2)13-7-9-20(10-13)11-14-15(17)5-4-6-16(14)18/h4-7,9-10,12,19H,3,8,11H2,1-2H3. The summed E-state index contributed by atoms with van der Waals surface area (Å²) >= 11 is 6.05. The molecule has 0 radical (unpaired) electrons. The van der Waals surface area contributed by atoms with Crippen molar-refractivity contribution >= 4 is 11.6 Å². The second kappa shape index (κ2) is 6.91. The quantitative estimate of drug-likeness (QED) is 0.836. The first-order valence-corrected chi connectivity index (χ1v) is 7.31. The zero-order valence-electron chi connectivity index (χ0n) is 11.9. The Morgan fingerprint density at radius 2 is 2.15 bits per heavy atom. The summed E-state index contributed by atoms with van der Waals surface area (Å²) in [6.07, 6.45) is 5.11. The summed E-state index contributed by atoms with van der Waals surface area (Å²) in [5, 5.41) is 3.90. The molecule has 4 heteroatoms. The van der Waals surface area contributed by atoms with Crippen molar-refractivity contribution in [3.63, 3.8) is 0 Å². The maximum Gasteiger partial charge on any atom is 0.129 e. The van der Waals surface area contributed by atoms with Gasteiger partial charge in [-0.05, 0) is 43.7 Å². The molecule has 2 rings (SSSR count). The Labute approximate surface area is 124 Å². The highest BCUT2D eigenvalue weighted by molar-refractivity contribution is 6.31. The molecule has 108 valence electrons. The Bertz CT molecular complexity index is 545. The Balaban J connectivity index is 2.10. The zero-order chi connectivity index (χ0) is 14.5. The van der Waals surface area contributed by atoms with Gasteiger partial charge in [0.1, 0.15) is 5.82 Å². The first kappa shape index (κ1) is 15.1. The van der Waals surface area contributed by atoms with Crippen molar-refractivity contribution in [2.24, 2.45) is 0 Å². The van der Waals surface area contributed by atoms with Crippen molar-refractivity contribution in [2.45, 2.75) is 32.9 Å². The van der Waals surface area contributed by atoms with Crippen LogP contribution in [0.5, 0.6) is 0 Å². The summed E-state index contributed by atoms with van der Waals surface area (Å²) in [7, 11) is 0. The van der Waals surface area contributed by atoms with E-state index in [2.05, 4.69) is 25.2 Å². The van der Waals surface area contributed by atoms with E-state index in [9.17, 15) is 4.39 Å². The van der Waals surface area contributed by atoms with E-state index in [0.29, 0.717) is 23.2 Å². The van der Waals surface area contributed by atoms with Crippen LogP contribution in [0.15, 0.2) is 36.7 Å². The van der Waals surface area contributed by atoms with Gasteiger partial charge in [0, 0.05) is 29.0 Å². The molecule has 0 amide bonds. The highest BCUT2D eigenvalue weighted by Crippen LogP contribution is 2.21. The van der Waals surface area contributed by atoms with Gasteiger partial charge in [-0.15, -0.1) is 0 Å². The molecule has 1 N–H and O–H groups in total. The minimum Gasteiger partial charge on any atom is -0.349 e. The van der Waals surface area contributed by atoms with Crippen LogP contribution >= 0.6 is 11.6 Å². The minimum absolute atomic E-state index is 0.259. The third-order valence-electron chi connectivity index (χ3n) is 3.38. The van der Waals surface area contributed by atoms with E-state index in [4.69, 9.17) is 11.6 Å². The van der Waals surface area contributed by atoms with Gasteiger partial charge < -0.3 is 9.88 Å². The Hall–Kier alpha value is -1.32. The van der Waals surface area contributed by atoms with Crippen LogP contribution in [0.1, 0.15) is 37.4 Å². The lowest BCUT2D eigenvalue weighted by atomic mass is 10.2. The fraction of sp³-hybridized carbons (Fsp3) is 0.375. The van der Waals surface area contributed by atoms with Crippen molar-refractivity contribution in [1.29, 1.82) is 0 Å². The maximum atomic E-state index is 13.8. The summed E-state index contributed by atoms with van der Waals surface area (Å²) in [4.78, 5) is 0. The van der Waals surface area contributed by atoms with Crippen LogP contribution in [0.4, 0.5) is 4.39 Å². The minimum atomic E-state index is -0.259. The topological polar surface area (TPSA) is 17.0 Å². The van der Waals surface area contributed by atoms with Crippen molar-refractivity contribution in [2.75, 3.05) is 6.54 Å². The average molecular weight is 295 g/mol. The highest BCUT2D eigenvalue weighted by atomic mass is 35.5. The number of halogens is 2. The molecule has 0 aliphatic carbocycles. The second-order valence-electron chi connectivity index (χ2n) is 4.99. The molecule has 2 nitrogen and oxygen atoms in total. The molecular weight excluding hydrogens is 275 g/mol. The number of benzene rings is 1. The van der Waals surface area contributed by atoms with Gasteiger partial charge in [-0.25, -0.2) is 4.39 Å². The Morgan fingerprint density at radius 1 is 1.35 bits per heavy atom.